The van der Waals surface area contributed by atoms with Crippen LogP contribution in [0.1, 0.15) is 17.3 Å². The number of hydrogen-bond acceptors (Lipinski definition) is 3. The van der Waals surface area contributed by atoms with Gasteiger partial charge in [0.1, 0.15) is 5.82 Å². The first kappa shape index (κ1) is 16.7. The van der Waals surface area contributed by atoms with Crippen molar-refractivity contribution < 1.29 is 14.0 Å². The van der Waals surface area contributed by atoms with Crippen LogP contribution in [-0.4, -0.2) is 68.1 Å². The third-order valence-electron chi connectivity index (χ3n) is 4.87. The Labute approximate surface area is 141 Å². The number of anilines is 1. The molecule has 0 aromatic heterocycles. The van der Waals surface area contributed by atoms with Gasteiger partial charge in [-0.05, 0) is 38.2 Å². The molecule has 2 saturated heterocycles. The van der Waals surface area contributed by atoms with Crippen LogP contribution in [0.2, 0.25) is 0 Å². The van der Waals surface area contributed by atoms with Crippen molar-refractivity contribution in [2.75, 3.05) is 45.2 Å². The molecular formula is C17H23FN4O2. The summed E-state index contributed by atoms with van der Waals surface area (Å²) in [7, 11) is 3.98. The van der Waals surface area contributed by atoms with Crippen LogP contribution in [0.3, 0.4) is 0 Å². The Hall–Kier alpha value is -2.15. The molecule has 0 spiro atoms. The number of amides is 3. The van der Waals surface area contributed by atoms with Gasteiger partial charge in [-0.1, -0.05) is 6.92 Å². The summed E-state index contributed by atoms with van der Waals surface area (Å²) < 4.78 is 14.2. The van der Waals surface area contributed by atoms with E-state index >= 15 is 0 Å². The largest absolute Gasteiger partial charge is 0.337 e. The fraction of sp³-hybridized carbons (Fsp3) is 0.529. The number of likely N-dealkylation sites (tertiary alicyclic amines) is 1. The fourth-order valence-electron chi connectivity index (χ4n) is 3.52. The van der Waals surface area contributed by atoms with Crippen LogP contribution < -0.4 is 10.2 Å². The maximum absolute atomic E-state index is 14.2. The Morgan fingerprint density at radius 2 is 2.08 bits per heavy atom. The van der Waals surface area contributed by atoms with Crippen molar-refractivity contribution >= 4 is 17.6 Å². The quantitative estimate of drug-likeness (QED) is 0.908. The first-order chi connectivity index (χ1) is 11.4. The number of rotatable bonds is 3. The smallest absolute Gasteiger partial charge is 0.321 e. The molecule has 0 saturated carbocycles. The molecule has 0 unspecified atom stereocenters. The van der Waals surface area contributed by atoms with Gasteiger partial charge in [0, 0.05) is 37.9 Å². The summed E-state index contributed by atoms with van der Waals surface area (Å²) in [5.41, 5.74) is 0.574. The van der Waals surface area contributed by atoms with Gasteiger partial charge >= 0.3 is 6.03 Å². The molecule has 3 amide bonds. The number of nitrogens with zero attached hydrogens (tertiary/aromatic N) is 3. The van der Waals surface area contributed by atoms with E-state index in [1.807, 2.05) is 14.1 Å². The molecule has 1 aromatic rings. The maximum atomic E-state index is 14.2. The minimum atomic E-state index is -0.552. The summed E-state index contributed by atoms with van der Waals surface area (Å²) in [4.78, 5) is 29.9. The molecule has 6 nitrogen and oxygen atoms in total. The molecule has 2 aliphatic heterocycles. The first-order valence-corrected chi connectivity index (χ1v) is 8.19. The van der Waals surface area contributed by atoms with Gasteiger partial charge < -0.3 is 15.1 Å². The predicted octanol–water partition coefficient (Wildman–Crippen LogP) is 1.38. The van der Waals surface area contributed by atoms with E-state index in [-0.39, 0.29) is 23.5 Å². The number of carbonyl (C=O) groups excluding carboxylic acids is 2. The number of halogens is 1. The van der Waals surface area contributed by atoms with Crippen molar-refractivity contribution in [1.29, 1.82) is 0 Å². The summed E-state index contributed by atoms with van der Waals surface area (Å²) >= 11 is 0. The maximum Gasteiger partial charge on any atom is 0.321 e. The van der Waals surface area contributed by atoms with Gasteiger partial charge in [-0.3, -0.25) is 9.69 Å². The Morgan fingerprint density at radius 3 is 2.67 bits per heavy atom. The third-order valence-corrected chi connectivity index (χ3v) is 4.87. The lowest BCUT2D eigenvalue weighted by molar-refractivity contribution is 0.0776. The standard InChI is InChI=1S/C17H23FN4O2/c1-11-9-21(10-15(11)20(2)3)16(23)13-8-12(4-5-14(13)18)22-7-6-19-17(22)24/h4-5,8,11,15H,6-7,9-10H2,1-3H3,(H,19,24)/t11-,15+/m1/s1. The molecule has 3 rings (SSSR count). The van der Waals surface area contributed by atoms with Crippen LogP contribution in [0.25, 0.3) is 0 Å². The zero-order chi connectivity index (χ0) is 17.4. The second kappa shape index (κ2) is 6.39. The van der Waals surface area contributed by atoms with E-state index in [9.17, 15) is 14.0 Å². The van der Waals surface area contributed by atoms with Crippen molar-refractivity contribution in [1.82, 2.24) is 15.1 Å². The van der Waals surface area contributed by atoms with Crippen molar-refractivity contribution in [3.63, 3.8) is 0 Å². The molecular weight excluding hydrogens is 311 g/mol. The topological polar surface area (TPSA) is 55.9 Å². The van der Waals surface area contributed by atoms with E-state index in [1.54, 1.807) is 4.90 Å². The second-order valence-corrected chi connectivity index (χ2v) is 6.77. The fourth-order valence-corrected chi connectivity index (χ4v) is 3.52. The minimum absolute atomic E-state index is 0.0267. The van der Waals surface area contributed by atoms with Crippen molar-refractivity contribution in [2.45, 2.75) is 13.0 Å². The van der Waals surface area contributed by atoms with Gasteiger partial charge in [0.25, 0.3) is 5.91 Å². The van der Waals surface area contributed by atoms with Crippen molar-refractivity contribution in [3.05, 3.63) is 29.6 Å². The van der Waals surface area contributed by atoms with Crippen molar-refractivity contribution in [3.8, 4) is 0 Å². The van der Waals surface area contributed by atoms with Crippen LogP contribution in [0.4, 0.5) is 14.9 Å². The monoisotopic (exact) mass is 334 g/mol. The predicted molar refractivity (Wildman–Crippen MR) is 89.7 cm³/mol. The van der Waals surface area contributed by atoms with Crippen LogP contribution in [-0.2, 0) is 0 Å². The van der Waals surface area contributed by atoms with E-state index in [0.717, 1.165) is 0 Å². The zero-order valence-corrected chi connectivity index (χ0v) is 14.3. The molecule has 0 aliphatic carbocycles. The van der Waals surface area contributed by atoms with E-state index < -0.39 is 5.82 Å². The zero-order valence-electron chi connectivity index (χ0n) is 14.3. The number of nitrogens with one attached hydrogen (secondary N) is 1. The molecule has 24 heavy (non-hydrogen) atoms. The van der Waals surface area contributed by atoms with Crippen LogP contribution in [0.15, 0.2) is 18.2 Å². The number of benzene rings is 1. The van der Waals surface area contributed by atoms with E-state index in [4.69, 9.17) is 0 Å². The average Bonchev–Trinajstić information content (AvgIpc) is 3.13. The molecule has 2 aliphatic rings. The Bertz CT molecular complexity index is 664. The lowest BCUT2D eigenvalue weighted by Crippen LogP contribution is -2.36. The van der Waals surface area contributed by atoms with Crippen LogP contribution >= 0.6 is 0 Å². The highest BCUT2D eigenvalue weighted by Gasteiger charge is 2.35. The van der Waals surface area contributed by atoms with Gasteiger partial charge in [0.15, 0.2) is 0 Å². The van der Waals surface area contributed by atoms with E-state index in [0.29, 0.717) is 37.8 Å². The normalized spacial score (nSPS) is 24.0. The Morgan fingerprint density at radius 1 is 1.33 bits per heavy atom. The summed E-state index contributed by atoms with van der Waals surface area (Å²) in [6.07, 6.45) is 0. The highest BCUT2D eigenvalue weighted by Crippen LogP contribution is 2.25. The SMILES string of the molecule is C[C@@H]1CN(C(=O)c2cc(N3CCNC3=O)ccc2F)C[C@@H]1N(C)C. The minimum Gasteiger partial charge on any atom is -0.337 e. The summed E-state index contributed by atoms with van der Waals surface area (Å²) in [6, 6.07) is 4.33. The summed E-state index contributed by atoms with van der Waals surface area (Å²) in [6.45, 7) is 4.35. The number of carbonyl (C=O) groups is 2. The van der Waals surface area contributed by atoms with E-state index in [2.05, 4.69) is 17.1 Å². The average molecular weight is 334 g/mol. The van der Waals surface area contributed by atoms with Crippen LogP contribution in [0.5, 0.6) is 0 Å². The van der Waals surface area contributed by atoms with Gasteiger partial charge in [0.2, 0.25) is 0 Å². The molecule has 2 heterocycles. The highest BCUT2D eigenvalue weighted by atomic mass is 19.1. The lowest BCUT2D eigenvalue weighted by atomic mass is 10.1. The molecule has 1 N–H and O–H groups in total. The number of urea groups is 1. The second-order valence-electron chi connectivity index (χ2n) is 6.77. The first-order valence-electron chi connectivity index (χ1n) is 8.19. The van der Waals surface area contributed by atoms with Gasteiger partial charge in [-0.15, -0.1) is 0 Å². The molecule has 7 heteroatoms. The summed E-state index contributed by atoms with van der Waals surface area (Å²) in [5.74, 6) is -0.533. The Kier molecular flexibility index (Phi) is 4.45. The van der Waals surface area contributed by atoms with Gasteiger partial charge in [0.05, 0.1) is 5.56 Å². The van der Waals surface area contributed by atoms with Gasteiger partial charge in [-0.2, -0.15) is 0 Å². The molecule has 2 atom stereocenters. The molecule has 130 valence electrons. The lowest BCUT2D eigenvalue weighted by Gasteiger charge is -2.22. The van der Waals surface area contributed by atoms with E-state index in [1.165, 1.54) is 23.1 Å². The van der Waals surface area contributed by atoms with Crippen LogP contribution in [0, 0.1) is 11.7 Å². The molecule has 2 fully saturated rings. The molecule has 1 aromatic carbocycles. The Balaban J connectivity index is 1.83. The number of likely N-dealkylation sites (N-methyl/N-ethyl adjacent to an activating group) is 1. The summed E-state index contributed by atoms with van der Waals surface area (Å²) in [5, 5.41) is 2.70. The van der Waals surface area contributed by atoms with Crippen molar-refractivity contribution in [2.24, 2.45) is 5.92 Å². The molecule has 0 bridgehead atoms. The third kappa shape index (κ3) is 2.96. The molecule has 0 radical (unpaired) electrons. The van der Waals surface area contributed by atoms with Gasteiger partial charge in [-0.25, -0.2) is 9.18 Å². The number of hydrogen-bond donors (Lipinski definition) is 1. The highest BCUT2D eigenvalue weighted by molar-refractivity contribution is 5.98.